The number of carbonyl (C=O) groups is 2. The molecule has 0 saturated heterocycles. The van der Waals surface area contributed by atoms with Crippen LogP contribution in [0.25, 0.3) is 0 Å². The van der Waals surface area contributed by atoms with Crippen molar-refractivity contribution in [3.8, 4) is 0 Å². The van der Waals surface area contributed by atoms with Gasteiger partial charge in [-0.15, -0.1) is 0 Å². The highest BCUT2D eigenvalue weighted by Gasteiger charge is 2.38. The maximum Gasteiger partial charge on any atom is 0.326 e. The van der Waals surface area contributed by atoms with E-state index in [1.807, 2.05) is 0 Å². The Hall–Kier alpha value is -1.26. The van der Waals surface area contributed by atoms with E-state index in [9.17, 15) is 9.59 Å². The summed E-state index contributed by atoms with van der Waals surface area (Å²) in [5.74, 6) is -0.783. The van der Waals surface area contributed by atoms with E-state index in [-0.39, 0.29) is 18.0 Å². The minimum Gasteiger partial charge on any atom is -0.480 e. The maximum atomic E-state index is 12.0. The molecule has 0 aromatic carbocycles. The second-order valence-corrected chi connectivity index (χ2v) is 5.51. The summed E-state index contributed by atoms with van der Waals surface area (Å²) < 4.78 is 0. The van der Waals surface area contributed by atoms with E-state index in [2.05, 4.69) is 5.32 Å². The lowest BCUT2D eigenvalue weighted by Gasteiger charge is -2.32. The normalized spacial score (nSPS) is 22.3. The fourth-order valence-electron chi connectivity index (χ4n) is 2.68. The van der Waals surface area contributed by atoms with Crippen LogP contribution in [-0.4, -0.2) is 41.1 Å². The van der Waals surface area contributed by atoms with Crippen LogP contribution in [0.1, 0.15) is 44.9 Å². The molecule has 0 aromatic heterocycles. The first kappa shape index (κ1) is 13.2. The molecule has 5 nitrogen and oxygen atoms in total. The third-order valence-corrected chi connectivity index (χ3v) is 4.08. The second-order valence-electron chi connectivity index (χ2n) is 5.51. The number of carbonyl (C=O) groups excluding carboxylic acids is 1. The van der Waals surface area contributed by atoms with Gasteiger partial charge in [0.15, 0.2) is 0 Å². The monoisotopic (exact) mass is 254 g/mol. The number of rotatable bonds is 4. The molecule has 2 saturated carbocycles. The number of nitrogens with one attached hydrogen (secondary N) is 1. The fraction of sp³-hybridized carbons (Fsp3) is 0.846. The number of aliphatic carboxylic acids is 1. The van der Waals surface area contributed by atoms with Crippen molar-refractivity contribution in [2.24, 2.45) is 5.92 Å². The molecule has 2 rings (SSSR count). The zero-order valence-corrected chi connectivity index (χ0v) is 10.9. The van der Waals surface area contributed by atoms with Gasteiger partial charge < -0.3 is 15.3 Å². The molecule has 2 aliphatic rings. The van der Waals surface area contributed by atoms with E-state index in [1.54, 1.807) is 11.9 Å². The van der Waals surface area contributed by atoms with E-state index >= 15 is 0 Å². The first-order valence-corrected chi connectivity index (χ1v) is 6.85. The number of hydrogen-bond donors (Lipinski definition) is 2. The summed E-state index contributed by atoms with van der Waals surface area (Å²) in [6.07, 6.45) is 7.44. The zero-order chi connectivity index (χ0) is 13.1. The van der Waals surface area contributed by atoms with Gasteiger partial charge in [-0.3, -0.25) is 0 Å². The van der Waals surface area contributed by atoms with Gasteiger partial charge in [0.2, 0.25) is 0 Å². The average molecular weight is 254 g/mol. The number of amides is 2. The first-order chi connectivity index (χ1) is 8.59. The molecule has 0 radical (unpaired) electrons. The Bertz CT molecular complexity index is 322. The lowest BCUT2D eigenvalue weighted by molar-refractivity contribution is -0.139. The van der Waals surface area contributed by atoms with Crippen LogP contribution in [0.2, 0.25) is 0 Å². The van der Waals surface area contributed by atoms with Gasteiger partial charge in [0.05, 0.1) is 0 Å². The Labute approximate surface area is 108 Å². The molecule has 5 heteroatoms. The fourth-order valence-corrected chi connectivity index (χ4v) is 2.68. The molecule has 2 fully saturated rings. The lowest BCUT2D eigenvalue weighted by atomic mass is 9.95. The van der Waals surface area contributed by atoms with Crippen LogP contribution in [0.5, 0.6) is 0 Å². The lowest BCUT2D eigenvalue weighted by Crippen LogP contribution is -2.50. The smallest absolute Gasteiger partial charge is 0.326 e. The van der Waals surface area contributed by atoms with Crippen LogP contribution in [0.15, 0.2) is 0 Å². The SMILES string of the molecule is CN(C(=O)NC(C(=O)O)C1CC1)C1CCCCC1. The van der Waals surface area contributed by atoms with Gasteiger partial charge in [0.1, 0.15) is 6.04 Å². The van der Waals surface area contributed by atoms with E-state index in [0.717, 1.165) is 38.5 Å². The minimum atomic E-state index is -0.914. The molecule has 0 bridgehead atoms. The third-order valence-electron chi connectivity index (χ3n) is 4.08. The predicted octanol–water partition coefficient (Wildman–Crippen LogP) is 1.82. The summed E-state index contributed by atoms with van der Waals surface area (Å²) in [6, 6.07) is -0.669. The summed E-state index contributed by atoms with van der Waals surface area (Å²) in [7, 11) is 1.77. The molecule has 2 aliphatic carbocycles. The average Bonchev–Trinajstić information content (AvgIpc) is 3.19. The molecule has 2 N–H and O–H groups in total. The number of urea groups is 1. The van der Waals surface area contributed by atoms with Crippen molar-refractivity contribution in [2.45, 2.75) is 57.0 Å². The van der Waals surface area contributed by atoms with Crippen LogP contribution < -0.4 is 5.32 Å². The molecule has 2 amide bonds. The molecule has 1 unspecified atom stereocenters. The Morgan fingerprint density at radius 2 is 1.78 bits per heavy atom. The number of carboxylic acid groups (broad SMARTS) is 1. The molecular formula is C13H22N2O3. The quantitative estimate of drug-likeness (QED) is 0.804. The van der Waals surface area contributed by atoms with Gasteiger partial charge in [-0.05, 0) is 31.6 Å². The van der Waals surface area contributed by atoms with Gasteiger partial charge in [0.25, 0.3) is 0 Å². The summed E-state index contributed by atoms with van der Waals surface area (Å²) in [6.45, 7) is 0. The van der Waals surface area contributed by atoms with Crippen molar-refractivity contribution < 1.29 is 14.7 Å². The number of carboxylic acids is 1. The molecule has 0 aromatic rings. The van der Waals surface area contributed by atoms with E-state index < -0.39 is 12.0 Å². The van der Waals surface area contributed by atoms with Gasteiger partial charge >= 0.3 is 12.0 Å². The van der Waals surface area contributed by atoms with Gasteiger partial charge in [0, 0.05) is 13.1 Å². The molecule has 0 aliphatic heterocycles. The van der Waals surface area contributed by atoms with Gasteiger partial charge in [-0.25, -0.2) is 9.59 Å². The Morgan fingerprint density at radius 3 is 2.28 bits per heavy atom. The molecular weight excluding hydrogens is 232 g/mol. The van der Waals surface area contributed by atoms with Gasteiger partial charge in [-0.2, -0.15) is 0 Å². The van der Waals surface area contributed by atoms with Crippen LogP contribution >= 0.6 is 0 Å². The van der Waals surface area contributed by atoms with E-state index in [1.165, 1.54) is 6.42 Å². The number of hydrogen-bond acceptors (Lipinski definition) is 2. The summed E-state index contributed by atoms with van der Waals surface area (Å²) in [4.78, 5) is 24.8. The van der Waals surface area contributed by atoms with E-state index in [0.29, 0.717) is 0 Å². The summed E-state index contributed by atoms with van der Waals surface area (Å²) >= 11 is 0. The van der Waals surface area contributed by atoms with Crippen molar-refractivity contribution in [3.05, 3.63) is 0 Å². The number of nitrogens with zero attached hydrogens (tertiary/aromatic N) is 1. The van der Waals surface area contributed by atoms with E-state index in [4.69, 9.17) is 5.11 Å². The standard InChI is InChI=1S/C13H22N2O3/c1-15(10-5-3-2-4-6-10)13(18)14-11(12(16)17)9-7-8-9/h9-11H,2-8H2,1H3,(H,14,18)(H,16,17). The minimum absolute atomic E-state index is 0.131. The highest BCUT2D eigenvalue weighted by atomic mass is 16.4. The first-order valence-electron chi connectivity index (χ1n) is 6.85. The third kappa shape index (κ3) is 3.15. The maximum absolute atomic E-state index is 12.0. The molecule has 102 valence electrons. The van der Waals surface area contributed by atoms with Crippen LogP contribution in [0.3, 0.4) is 0 Å². The molecule has 18 heavy (non-hydrogen) atoms. The molecule has 1 atom stereocenters. The highest BCUT2D eigenvalue weighted by molar-refractivity contribution is 5.83. The van der Waals surface area contributed by atoms with Crippen LogP contribution in [0.4, 0.5) is 4.79 Å². The molecule has 0 spiro atoms. The summed E-state index contributed by atoms with van der Waals surface area (Å²) in [5, 5.41) is 11.8. The molecule has 0 heterocycles. The zero-order valence-electron chi connectivity index (χ0n) is 10.9. The largest absolute Gasteiger partial charge is 0.480 e. The topological polar surface area (TPSA) is 69.6 Å². The second kappa shape index (κ2) is 5.59. The van der Waals surface area contributed by atoms with Crippen molar-refractivity contribution in [1.82, 2.24) is 10.2 Å². The summed E-state index contributed by atoms with van der Waals surface area (Å²) in [5.41, 5.74) is 0. The van der Waals surface area contributed by atoms with Gasteiger partial charge in [-0.1, -0.05) is 19.3 Å². The van der Waals surface area contributed by atoms with Crippen molar-refractivity contribution in [1.29, 1.82) is 0 Å². The van der Waals surface area contributed by atoms with Crippen molar-refractivity contribution >= 4 is 12.0 Å². The van der Waals surface area contributed by atoms with Crippen molar-refractivity contribution in [3.63, 3.8) is 0 Å². The van der Waals surface area contributed by atoms with Crippen molar-refractivity contribution in [2.75, 3.05) is 7.05 Å². The highest BCUT2D eigenvalue weighted by Crippen LogP contribution is 2.33. The van der Waals surface area contributed by atoms with Crippen LogP contribution in [0, 0.1) is 5.92 Å². The predicted molar refractivity (Wildman–Crippen MR) is 67.3 cm³/mol. The Kier molecular flexibility index (Phi) is 4.09. The Balaban J connectivity index is 1.87. The Morgan fingerprint density at radius 1 is 1.17 bits per heavy atom. The van der Waals surface area contributed by atoms with Crippen LogP contribution in [-0.2, 0) is 4.79 Å².